The Kier molecular flexibility index (Phi) is 6.14. The lowest BCUT2D eigenvalue weighted by Crippen LogP contribution is -2.42. The second-order valence-corrected chi connectivity index (χ2v) is 5.51. The van der Waals surface area contributed by atoms with E-state index in [0.29, 0.717) is 16.1 Å². The van der Waals surface area contributed by atoms with Gasteiger partial charge in [-0.15, -0.1) is 0 Å². The molecule has 5 nitrogen and oxygen atoms in total. The molecule has 1 atom stereocenters. The average Bonchev–Trinajstić information content (AvgIpc) is 2.52. The summed E-state index contributed by atoms with van der Waals surface area (Å²) in [6, 6.07) is 11.1. The minimum absolute atomic E-state index is 0.0430. The summed E-state index contributed by atoms with van der Waals surface area (Å²) in [6.45, 7) is -0.0430. The molecule has 2 N–H and O–H groups in total. The van der Waals surface area contributed by atoms with Gasteiger partial charge >= 0.3 is 12.1 Å². The topological polar surface area (TPSA) is 75.6 Å². The summed E-state index contributed by atoms with van der Waals surface area (Å²) in [4.78, 5) is 23.0. The molecule has 2 aromatic carbocycles. The number of carbonyl (C=O) groups is 2. The highest BCUT2D eigenvalue weighted by Gasteiger charge is 2.21. The van der Waals surface area contributed by atoms with Crippen LogP contribution in [0.1, 0.15) is 11.1 Å². The molecule has 0 aliphatic heterocycles. The van der Waals surface area contributed by atoms with Crippen LogP contribution in [-0.2, 0) is 22.6 Å². The average molecular weight is 352 g/mol. The number of hydrogen-bond donors (Lipinski definition) is 2. The third kappa shape index (κ3) is 5.55. The van der Waals surface area contributed by atoms with Crippen molar-refractivity contribution >= 4 is 23.7 Å². The van der Waals surface area contributed by atoms with Crippen molar-refractivity contribution in [3.8, 4) is 0 Å². The van der Waals surface area contributed by atoms with E-state index in [-0.39, 0.29) is 13.0 Å². The zero-order valence-corrected chi connectivity index (χ0v) is 13.3. The second-order valence-electron chi connectivity index (χ2n) is 5.08. The number of aliphatic carboxylic acids is 1. The Morgan fingerprint density at radius 2 is 1.88 bits per heavy atom. The summed E-state index contributed by atoms with van der Waals surface area (Å²) in [5, 5.41) is 12.0. The first-order valence-electron chi connectivity index (χ1n) is 7.09. The van der Waals surface area contributed by atoms with Gasteiger partial charge in [-0.25, -0.2) is 14.0 Å². The fourth-order valence-corrected chi connectivity index (χ4v) is 2.27. The molecule has 0 bridgehead atoms. The molecule has 0 radical (unpaired) electrons. The molecule has 126 valence electrons. The summed E-state index contributed by atoms with van der Waals surface area (Å²) < 4.78 is 18.1. The number of alkyl carbamates (subject to hydrolysis) is 1. The molecule has 0 aliphatic rings. The predicted octanol–water partition coefficient (Wildman–Crippen LogP) is 3.40. The van der Waals surface area contributed by atoms with Gasteiger partial charge in [0.25, 0.3) is 0 Å². The molecule has 2 rings (SSSR count). The van der Waals surface area contributed by atoms with Crippen LogP contribution in [0.2, 0.25) is 5.02 Å². The van der Waals surface area contributed by atoms with E-state index in [1.54, 1.807) is 30.3 Å². The second kappa shape index (κ2) is 8.31. The molecule has 1 amide bonds. The van der Waals surface area contributed by atoms with Crippen LogP contribution in [0, 0.1) is 5.82 Å². The first-order chi connectivity index (χ1) is 11.4. The number of nitrogens with one attached hydrogen (secondary N) is 1. The number of rotatable bonds is 6. The van der Waals surface area contributed by atoms with Crippen molar-refractivity contribution in [2.45, 2.75) is 19.1 Å². The van der Waals surface area contributed by atoms with Gasteiger partial charge in [-0.1, -0.05) is 35.9 Å². The summed E-state index contributed by atoms with van der Waals surface area (Å²) in [7, 11) is 0. The van der Waals surface area contributed by atoms with Crippen molar-refractivity contribution in [1.29, 1.82) is 0 Å². The Morgan fingerprint density at radius 3 is 2.54 bits per heavy atom. The maximum absolute atomic E-state index is 13.2. The molecule has 0 fully saturated rings. The van der Waals surface area contributed by atoms with Crippen molar-refractivity contribution in [2.24, 2.45) is 0 Å². The van der Waals surface area contributed by atoms with Crippen molar-refractivity contribution in [3.63, 3.8) is 0 Å². The molecule has 0 saturated heterocycles. The van der Waals surface area contributed by atoms with E-state index in [1.165, 1.54) is 18.2 Å². The van der Waals surface area contributed by atoms with Crippen LogP contribution < -0.4 is 5.32 Å². The van der Waals surface area contributed by atoms with Crippen LogP contribution in [0.3, 0.4) is 0 Å². The van der Waals surface area contributed by atoms with E-state index in [9.17, 15) is 19.1 Å². The molecule has 2 aromatic rings. The highest BCUT2D eigenvalue weighted by molar-refractivity contribution is 6.30. The van der Waals surface area contributed by atoms with Gasteiger partial charge in [0.15, 0.2) is 0 Å². The minimum atomic E-state index is -1.24. The van der Waals surface area contributed by atoms with E-state index >= 15 is 0 Å². The maximum atomic E-state index is 13.2. The highest BCUT2D eigenvalue weighted by atomic mass is 35.5. The van der Waals surface area contributed by atoms with Gasteiger partial charge in [-0.2, -0.15) is 0 Å². The minimum Gasteiger partial charge on any atom is -0.480 e. The third-order valence-electron chi connectivity index (χ3n) is 3.18. The standard InChI is InChI=1S/C17H15ClFNO4/c18-13-5-1-4-12(7-13)10-24-17(23)20-15(16(21)22)9-11-3-2-6-14(19)8-11/h1-8,15H,9-10H2,(H,20,23)(H,21,22)/t15-/m0/s1. The van der Waals surface area contributed by atoms with E-state index in [2.05, 4.69) is 5.32 Å². The molecule has 0 unspecified atom stereocenters. The Labute approximate surface area is 143 Å². The number of amides is 1. The predicted molar refractivity (Wildman–Crippen MR) is 86.3 cm³/mol. The number of ether oxygens (including phenoxy) is 1. The zero-order valence-electron chi connectivity index (χ0n) is 12.5. The lowest BCUT2D eigenvalue weighted by Gasteiger charge is -2.15. The van der Waals surface area contributed by atoms with Crippen molar-refractivity contribution < 1.29 is 23.8 Å². The number of hydrogen-bond acceptors (Lipinski definition) is 3. The summed E-state index contributed by atoms with van der Waals surface area (Å²) in [5.74, 6) is -1.71. The van der Waals surface area contributed by atoms with Gasteiger partial charge < -0.3 is 15.2 Å². The number of carboxylic acid groups (broad SMARTS) is 1. The Balaban J connectivity index is 1.92. The lowest BCUT2D eigenvalue weighted by atomic mass is 10.1. The van der Waals surface area contributed by atoms with Crippen molar-refractivity contribution in [3.05, 3.63) is 70.5 Å². The van der Waals surface area contributed by atoms with Gasteiger partial charge in [0.2, 0.25) is 0 Å². The Bertz CT molecular complexity index is 738. The van der Waals surface area contributed by atoms with Crippen LogP contribution in [0.15, 0.2) is 48.5 Å². The fourth-order valence-electron chi connectivity index (χ4n) is 2.06. The molecule has 0 aliphatic carbocycles. The SMILES string of the molecule is O=C(N[C@@H](Cc1cccc(F)c1)C(=O)O)OCc1cccc(Cl)c1. The van der Waals surface area contributed by atoms with Crippen LogP contribution in [0.25, 0.3) is 0 Å². The van der Waals surface area contributed by atoms with Crippen LogP contribution in [0.4, 0.5) is 9.18 Å². The first-order valence-corrected chi connectivity index (χ1v) is 7.47. The van der Waals surface area contributed by atoms with Crippen LogP contribution in [-0.4, -0.2) is 23.2 Å². The largest absolute Gasteiger partial charge is 0.480 e. The molecular formula is C17H15ClFNO4. The molecule has 0 saturated carbocycles. The normalized spacial score (nSPS) is 11.6. The van der Waals surface area contributed by atoms with Crippen molar-refractivity contribution in [1.82, 2.24) is 5.32 Å². The number of carbonyl (C=O) groups excluding carboxylic acids is 1. The quantitative estimate of drug-likeness (QED) is 0.836. The summed E-state index contributed by atoms with van der Waals surface area (Å²) >= 11 is 5.82. The monoisotopic (exact) mass is 351 g/mol. The first kappa shape index (κ1) is 17.7. The maximum Gasteiger partial charge on any atom is 0.408 e. The highest BCUT2D eigenvalue weighted by Crippen LogP contribution is 2.12. The van der Waals surface area contributed by atoms with Gasteiger partial charge in [0.05, 0.1) is 0 Å². The number of halogens is 2. The Morgan fingerprint density at radius 1 is 1.17 bits per heavy atom. The molecule has 0 heterocycles. The van der Waals surface area contributed by atoms with Gasteiger partial charge in [-0.3, -0.25) is 0 Å². The number of carboxylic acids is 1. The molecule has 0 aromatic heterocycles. The van der Waals surface area contributed by atoms with Crippen LogP contribution in [0.5, 0.6) is 0 Å². The van der Waals surface area contributed by atoms with E-state index in [1.807, 2.05) is 0 Å². The lowest BCUT2D eigenvalue weighted by molar-refractivity contribution is -0.139. The summed E-state index contributed by atoms with van der Waals surface area (Å²) in [5.41, 5.74) is 1.13. The molecule has 24 heavy (non-hydrogen) atoms. The number of benzene rings is 2. The van der Waals surface area contributed by atoms with Crippen molar-refractivity contribution in [2.75, 3.05) is 0 Å². The Hall–Kier alpha value is -2.60. The molecule has 0 spiro atoms. The van der Waals surface area contributed by atoms with Gasteiger partial charge in [0, 0.05) is 11.4 Å². The van der Waals surface area contributed by atoms with E-state index in [4.69, 9.17) is 16.3 Å². The van der Waals surface area contributed by atoms with Gasteiger partial charge in [0.1, 0.15) is 18.5 Å². The fraction of sp³-hybridized carbons (Fsp3) is 0.176. The molecular weight excluding hydrogens is 337 g/mol. The van der Waals surface area contributed by atoms with E-state index < -0.39 is 23.9 Å². The smallest absolute Gasteiger partial charge is 0.408 e. The van der Waals surface area contributed by atoms with Gasteiger partial charge in [-0.05, 0) is 35.4 Å². The third-order valence-corrected chi connectivity index (χ3v) is 3.41. The zero-order chi connectivity index (χ0) is 17.5. The molecule has 7 heteroatoms. The van der Waals surface area contributed by atoms with E-state index in [0.717, 1.165) is 0 Å². The van der Waals surface area contributed by atoms with Crippen LogP contribution >= 0.6 is 11.6 Å². The summed E-state index contributed by atoms with van der Waals surface area (Å²) in [6.07, 6.45) is -0.932.